The number of hydrogen-bond acceptors (Lipinski definition) is 1. The lowest BCUT2D eigenvalue weighted by molar-refractivity contribution is 0.417. The molecule has 1 aromatic carbocycles. The lowest BCUT2D eigenvalue weighted by atomic mass is 9.88. The minimum Gasteiger partial charge on any atom is -0.312 e. The maximum Gasteiger partial charge on any atom is 0.0240 e. The van der Waals surface area contributed by atoms with Crippen LogP contribution < -0.4 is 5.32 Å². The molecular formula is C17H25N. The molecule has 1 heteroatoms. The summed E-state index contributed by atoms with van der Waals surface area (Å²) in [7, 11) is 0. The third kappa shape index (κ3) is 4.55. The Morgan fingerprint density at radius 2 is 1.89 bits per heavy atom. The van der Waals surface area contributed by atoms with E-state index in [1.54, 1.807) is 0 Å². The Hall–Kier alpha value is -1.26. The quantitative estimate of drug-likeness (QED) is 0.718. The van der Waals surface area contributed by atoms with Crippen LogP contribution in [-0.2, 0) is 0 Å². The number of hydrogen-bond donors (Lipinski definition) is 1. The smallest absolute Gasteiger partial charge is 0.0240 e. The van der Waals surface area contributed by atoms with E-state index >= 15 is 0 Å². The topological polar surface area (TPSA) is 12.0 Å². The summed E-state index contributed by atoms with van der Waals surface area (Å²) in [5.41, 5.74) is 1.41. The van der Waals surface area contributed by atoms with E-state index in [0.29, 0.717) is 17.9 Å². The highest BCUT2D eigenvalue weighted by atomic mass is 14.9. The van der Waals surface area contributed by atoms with Gasteiger partial charge in [-0.25, -0.2) is 0 Å². The third-order valence-electron chi connectivity index (χ3n) is 3.52. The molecule has 0 radical (unpaired) electrons. The molecule has 2 atom stereocenters. The van der Waals surface area contributed by atoms with Crippen LogP contribution in [-0.4, -0.2) is 12.6 Å². The molecule has 0 saturated heterocycles. The number of rotatable bonds is 7. The molecular weight excluding hydrogens is 218 g/mol. The molecule has 0 aromatic heterocycles. The molecule has 98 valence electrons. The van der Waals surface area contributed by atoms with Crippen LogP contribution in [0.4, 0.5) is 0 Å². The Morgan fingerprint density at radius 1 is 1.22 bits per heavy atom. The van der Waals surface area contributed by atoms with E-state index < -0.39 is 0 Å². The molecule has 0 spiro atoms. The predicted molar refractivity (Wildman–Crippen MR) is 79.6 cm³/mol. The molecule has 0 aliphatic carbocycles. The maximum absolute atomic E-state index is 5.39. The molecule has 1 N–H and O–H groups in total. The summed E-state index contributed by atoms with van der Waals surface area (Å²) in [5.74, 6) is 3.93. The summed E-state index contributed by atoms with van der Waals surface area (Å²) in [5, 5.41) is 3.61. The van der Waals surface area contributed by atoms with Gasteiger partial charge < -0.3 is 5.32 Å². The molecule has 0 fully saturated rings. The zero-order valence-corrected chi connectivity index (χ0v) is 11.8. The lowest BCUT2D eigenvalue weighted by Crippen LogP contribution is -2.33. The second-order valence-corrected chi connectivity index (χ2v) is 5.18. The van der Waals surface area contributed by atoms with E-state index in [2.05, 4.69) is 62.3 Å². The van der Waals surface area contributed by atoms with Crippen LogP contribution in [0.25, 0.3) is 0 Å². The van der Waals surface area contributed by atoms with Gasteiger partial charge in [-0.2, -0.15) is 0 Å². The third-order valence-corrected chi connectivity index (χ3v) is 3.52. The molecule has 1 nitrogen and oxygen atoms in total. The highest BCUT2D eigenvalue weighted by molar-refractivity contribution is 5.20. The molecule has 0 aliphatic rings. The largest absolute Gasteiger partial charge is 0.312 e. The van der Waals surface area contributed by atoms with Crippen molar-refractivity contribution >= 4 is 0 Å². The van der Waals surface area contributed by atoms with Crippen LogP contribution in [0.15, 0.2) is 30.3 Å². The van der Waals surface area contributed by atoms with Gasteiger partial charge in [-0.1, -0.05) is 51.1 Å². The van der Waals surface area contributed by atoms with Gasteiger partial charge in [0.05, 0.1) is 0 Å². The van der Waals surface area contributed by atoms with E-state index in [1.807, 2.05) is 0 Å². The van der Waals surface area contributed by atoms with Crippen LogP contribution in [0, 0.1) is 18.3 Å². The van der Waals surface area contributed by atoms with Gasteiger partial charge in [0.1, 0.15) is 0 Å². The first kappa shape index (κ1) is 14.8. The molecule has 0 heterocycles. The molecule has 0 amide bonds. The van der Waals surface area contributed by atoms with E-state index in [-0.39, 0.29) is 0 Å². The van der Waals surface area contributed by atoms with Gasteiger partial charge in [-0.05, 0) is 23.8 Å². The van der Waals surface area contributed by atoms with Crippen molar-refractivity contribution in [1.82, 2.24) is 5.32 Å². The van der Waals surface area contributed by atoms with Crippen molar-refractivity contribution in [3.05, 3.63) is 35.9 Å². The van der Waals surface area contributed by atoms with Crippen molar-refractivity contribution in [1.29, 1.82) is 0 Å². The number of nitrogens with one attached hydrogen (secondary N) is 1. The monoisotopic (exact) mass is 243 g/mol. The average Bonchev–Trinajstić information content (AvgIpc) is 2.38. The fourth-order valence-electron chi connectivity index (χ4n) is 2.24. The van der Waals surface area contributed by atoms with E-state index in [4.69, 9.17) is 6.42 Å². The Balaban J connectivity index is 2.62. The van der Waals surface area contributed by atoms with E-state index in [0.717, 1.165) is 19.4 Å². The summed E-state index contributed by atoms with van der Waals surface area (Å²) in [4.78, 5) is 0. The number of terminal acetylenes is 1. The van der Waals surface area contributed by atoms with Crippen molar-refractivity contribution in [2.45, 2.75) is 45.6 Å². The fourth-order valence-corrected chi connectivity index (χ4v) is 2.24. The second kappa shape index (κ2) is 7.95. The van der Waals surface area contributed by atoms with Crippen molar-refractivity contribution in [2.75, 3.05) is 6.54 Å². The van der Waals surface area contributed by atoms with Gasteiger partial charge in [0.25, 0.3) is 0 Å². The van der Waals surface area contributed by atoms with Gasteiger partial charge in [0, 0.05) is 19.0 Å². The Bertz CT molecular complexity index is 361. The summed E-state index contributed by atoms with van der Waals surface area (Å²) >= 11 is 0. The van der Waals surface area contributed by atoms with Crippen molar-refractivity contribution in [3.63, 3.8) is 0 Å². The fraction of sp³-hybridized carbons (Fsp3) is 0.529. The average molecular weight is 243 g/mol. The van der Waals surface area contributed by atoms with Crippen molar-refractivity contribution in [3.8, 4) is 12.3 Å². The minimum atomic E-state index is 0.444. The Morgan fingerprint density at radius 3 is 2.39 bits per heavy atom. The molecule has 2 unspecified atom stereocenters. The zero-order valence-electron chi connectivity index (χ0n) is 11.8. The molecule has 0 aliphatic heterocycles. The van der Waals surface area contributed by atoms with Crippen molar-refractivity contribution in [2.24, 2.45) is 5.92 Å². The van der Waals surface area contributed by atoms with Gasteiger partial charge in [-0.3, -0.25) is 0 Å². The highest BCUT2D eigenvalue weighted by Crippen LogP contribution is 2.23. The van der Waals surface area contributed by atoms with Crippen molar-refractivity contribution < 1.29 is 0 Å². The van der Waals surface area contributed by atoms with Gasteiger partial charge in [0.2, 0.25) is 0 Å². The van der Waals surface area contributed by atoms with Crippen LogP contribution in [0.1, 0.15) is 45.1 Å². The molecule has 18 heavy (non-hydrogen) atoms. The summed E-state index contributed by atoms with van der Waals surface area (Å²) in [6, 6.07) is 11.2. The van der Waals surface area contributed by atoms with E-state index in [9.17, 15) is 0 Å². The van der Waals surface area contributed by atoms with Gasteiger partial charge in [0.15, 0.2) is 0 Å². The molecule has 0 saturated carbocycles. The first-order valence-electron chi connectivity index (χ1n) is 6.90. The first-order chi connectivity index (χ1) is 8.69. The van der Waals surface area contributed by atoms with Crippen LogP contribution in [0.5, 0.6) is 0 Å². The first-order valence-corrected chi connectivity index (χ1v) is 6.90. The summed E-state index contributed by atoms with van der Waals surface area (Å²) in [6.45, 7) is 7.74. The van der Waals surface area contributed by atoms with Crippen LogP contribution in [0.2, 0.25) is 0 Å². The predicted octanol–water partition coefficient (Wildman–Crippen LogP) is 3.82. The summed E-state index contributed by atoms with van der Waals surface area (Å²) in [6.07, 6.45) is 7.29. The number of benzene rings is 1. The standard InChI is InChI=1S/C17H25N/c1-5-10-16(6-2)18-13-17(14(3)4)15-11-8-7-9-12-15/h1,7-9,11-12,14,16-18H,6,10,13H2,2-4H3. The normalized spacial score (nSPS) is 14.2. The maximum atomic E-state index is 5.39. The Labute approximate surface area is 112 Å². The SMILES string of the molecule is C#CCC(CC)NCC(c1ccccc1)C(C)C. The van der Waals surface area contributed by atoms with Crippen LogP contribution in [0.3, 0.4) is 0 Å². The highest BCUT2D eigenvalue weighted by Gasteiger charge is 2.16. The molecule has 1 rings (SSSR count). The van der Waals surface area contributed by atoms with E-state index in [1.165, 1.54) is 5.56 Å². The second-order valence-electron chi connectivity index (χ2n) is 5.18. The summed E-state index contributed by atoms with van der Waals surface area (Å²) < 4.78 is 0. The Kier molecular flexibility index (Phi) is 6.54. The molecule has 0 bridgehead atoms. The van der Waals surface area contributed by atoms with Gasteiger partial charge in [-0.15, -0.1) is 12.3 Å². The minimum absolute atomic E-state index is 0.444. The lowest BCUT2D eigenvalue weighted by Gasteiger charge is -2.24. The van der Waals surface area contributed by atoms with Gasteiger partial charge >= 0.3 is 0 Å². The zero-order chi connectivity index (χ0) is 13.4. The molecule has 1 aromatic rings. The van der Waals surface area contributed by atoms with Crippen LogP contribution >= 0.6 is 0 Å².